The van der Waals surface area contributed by atoms with Gasteiger partial charge in [-0.05, 0) is 54.3 Å². The fourth-order valence-corrected chi connectivity index (χ4v) is 5.25. The Hall–Kier alpha value is -3.88. The summed E-state index contributed by atoms with van der Waals surface area (Å²) < 4.78 is 7.58. The van der Waals surface area contributed by atoms with Crippen LogP contribution in [0.15, 0.2) is 102 Å². The summed E-state index contributed by atoms with van der Waals surface area (Å²) in [6.07, 6.45) is 0. The van der Waals surface area contributed by atoms with Crippen molar-refractivity contribution in [1.82, 2.24) is 14.8 Å². The van der Waals surface area contributed by atoms with Crippen LogP contribution in [-0.4, -0.2) is 33.0 Å². The molecule has 0 radical (unpaired) electrons. The van der Waals surface area contributed by atoms with Gasteiger partial charge in [0, 0.05) is 11.3 Å². The third-order valence-corrected chi connectivity index (χ3v) is 7.19. The molecule has 5 aromatic rings. The topological polar surface area (TPSA) is 69.0 Å². The van der Waals surface area contributed by atoms with Crippen LogP contribution in [0.3, 0.4) is 0 Å². The van der Waals surface area contributed by atoms with Gasteiger partial charge in [-0.25, -0.2) is 0 Å². The van der Waals surface area contributed by atoms with Gasteiger partial charge >= 0.3 is 0 Å². The first-order valence-corrected chi connectivity index (χ1v) is 13.4. The van der Waals surface area contributed by atoms with Gasteiger partial charge in [0.2, 0.25) is 5.91 Å². The van der Waals surface area contributed by atoms with Crippen LogP contribution in [0.2, 0.25) is 0 Å². The van der Waals surface area contributed by atoms with Crippen molar-refractivity contribution in [3.05, 3.63) is 96.4 Å². The van der Waals surface area contributed by atoms with Crippen LogP contribution in [0.5, 0.6) is 5.75 Å². The Labute approximate surface area is 218 Å². The van der Waals surface area contributed by atoms with Gasteiger partial charge in [-0.15, -0.1) is 21.5 Å². The number of nitrogens with one attached hydrogen (secondary N) is 1. The van der Waals surface area contributed by atoms with Crippen LogP contribution in [0, 0.1) is 0 Å². The first kappa shape index (κ1) is 23.8. The number of carbonyl (C=O) groups excluding carboxylic acids is 1. The van der Waals surface area contributed by atoms with Gasteiger partial charge in [0.1, 0.15) is 5.75 Å². The maximum absolute atomic E-state index is 13.0. The molecule has 6 nitrogen and oxygen atoms in total. The Morgan fingerprint density at radius 2 is 1.72 bits per heavy atom. The highest BCUT2D eigenvalue weighted by Gasteiger charge is 2.18. The molecule has 0 bridgehead atoms. The minimum Gasteiger partial charge on any atom is -0.494 e. The first-order chi connectivity index (χ1) is 17.7. The van der Waals surface area contributed by atoms with E-state index in [1.54, 1.807) is 11.3 Å². The van der Waals surface area contributed by atoms with E-state index in [0.29, 0.717) is 11.8 Å². The van der Waals surface area contributed by atoms with E-state index in [-0.39, 0.29) is 11.7 Å². The zero-order valence-electron chi connectivity index (χ0n) is 19.6. The summed E-state index contributed by atoms with van der Waals surface area (Å²) in [6.45, 7) is 2.57. The van der Waals surface area contributed by atoms with Crippen molar-refractivity contribution in [3.8, 4) is 33.3 Å². The number of para-hydroxylation sites is 1. The minimum absolute atomic E-state index is 0.109. The number of rotatable bonds is 9. The lowest BCUT2D eigenvalue weighted by molar-refractivity contribution is -0.113. The van der Waals surface area contributed by atoms with Gasteiger partial charge in [0.05, 0.1) is 22.9 Å². The Morgan fingerprint density at radius 1 is 0.944 bits per heavy atom. The SMILES string of the molecule is CCOc1ccc(-n2c(SCC(=O)Nc3ccccc3-c3ccccc3)nnc2-c2cccs2)cc1. The first-order valence-electron chi connectivity index (χ1n) is 11.5. The summed E-state index contributed by atoms with van der Waals surface area (Å²) in [5.41, 5.74) is 3.72. The molecule has 3 aromatic carbocycles. The highest BCUT2D eigenvalue weighted by molar-refractivity contribution is 7.99. The minimum atomic E-state index is -0.109. The second-order valence-corrected chi connectivity index (χ2v) is 9.68. The van der Waals surface area contributed by atoms with E-state index in [1.807, 2.05) is 108 Å². The summed E-state index contributed by atoms with van der Waals surface area (Å²) in [7, 11) is 0. The number of hydrogen-bond donors (Lipinski definition) is 1. The molecule has 2 heterocycles. The van der Waals surface area contributed by atoms with E-state index < -0.39 is 0 Å². The van der Waals surface area contributed by atoms with Gasteiger partial charge in [-0.2, -0.15) is 0 Å². The van der Waals surface area contributed by atoms with Gasteiger partial charge in [-0.1, -0.05) is 66.4 Å². The number of ether oxygens (including phenoxy) is 1. The molecule has 0 aliphatic heterocycles. The number of thioether (sulfide) groups is 1. The second-order valence-electron chi connectivity index (χ2n) is 7.79. The monoisotopic (exact) mass is 512 g/mol. The number of aromatic nitrogens is 3. The van der Waals surface area contributed by atoms with Crippen LogP contribution < -0.4 is 10.1 Å². The van der Waals surface area contributed by atoms with E-state index in [9.17, 15) is 4.79 Å². The Balaban J connectivity index is 1.37. The zero-order valence-corrected chi connectivity index (χ0v) is 21.3. The van der Waals surface area contributed by atoms with Crippen molar-refractivity contribution in [2.45, 2.75) is 12.1 Å². The number of benzene rings is 3. The van der Waals surface area contributed by atoms with E-state index in [4.69, 9.17) is 4.74 Å². The molecule has 8 heteroatoms. The highest BCUT2D eigenvalue weighted by Crippen LogP contribution is 2.32. The predicted molar refractivity (Wildman–Crippen MR) is 147 cm³/mol. The quantitative estimate of drug-likeness (QED) is 0.220. The number of anilines is 1. The highest BCUT2D eigenvalue weighted by atomic mass is 32.2. The van der Waals surface area contributed by atoms with E-state index in [0.717, 1.165) is 39.0 Å². The molecule has 36 heavy (non-hydrogen) atoms. The molecule has 0 aliphatic rings. The van der Waals surface area contributed by atoms with Gasteiger partial charge < -0.3 is 10.1 Å². The number of carbonyl (C=O) groups is 1. The predicted octanol–water partition coefficient (Wildman–Crippen LogP) is 6.79. The second kappa shape index (κ2) is 11.2. The average molecular weight is 513 g/mol. The fraction of sp³-hybridized carbons (Fsp3) is 0.107. The van der Waals surface area contributed by atoms with Crippen molar-refractivity contribution in [1.29, 1.82) is 0 Å². The standard InChI is InChI=1S/C28H24N4O2S2/c1-2-34-22-16-14-21(15-17-22)32-27(25-13-8-18-35-25)30-31-28(32)36-19-26(33)29-24-12-7-6-11-23(24)20-9-4-3-5-10-20/h3-18H,2,19H2,1H3,(H,29,33). The average Bonchev–Trinajstić information content (AvgIpc) is 3.59. The molecule has 0 spiro atoms. The lowest BCUT2D eigenvalue weighted by Gasteiger charge is -2.12. The summed E-state index contributed by atoms with van der Waals surface area (Å²) in [6, 6.07) is 29.7. The number of amides is 1. The lowest BCUT2D eigenvalue weighted by atomic mass is 10.0. The Morgan fingerprint density at radius 3 is 2.47 bits per heavy atom. The molecule has 0 atom stereocenters. The molecule has 0 saturated carbocycles. The van der Waals surface area contributed by atoms with Crippen molar-refractivity contribution >= 4 is 34.7 Å². The number of thiophene rings is 1. The van der Waals surface area contributed by atoms with Gasteiger partial charge in [0.25, 0.3) is 0 Å². The molecule has 5 rings (SSSR count). The summed E-state index contributed by atoms with van der Waals surface area (Å²) in [5, 5.41) is 14.6. The summed E-state index contributed by atoms with van der Waals surface area (Å²) in [5.74, 6) is 1.63. The summed E-state index contributed by atoms with van der Waals surface area (Å²) >= 11 is 2.95. The third kappa shape index (κ3) is 5.35. The van der Waals surface area contributed by atoms with Gasteiger partial charge in [0.15, 0.2) is 11.0 Å². The van der Waals surface area contributed by atoms with Crippen LogP contribution in [-0.2, 0) is 4.79 Å². The van der Waals surface area contributed by atoms with Crippen LogP contribution >= 0.6 is 23.1 Å². The summed E-state index contributed by atoms with van der Waals surface area (Å²) in [4.78, 5) is 14.0. The fourth-order valence-electron chi connectivity index (χ4n) is 3.80. The van der Waals surface area contributed by atoms with E-state index in [2.05, 4.69) is 15.5 Å². The lowest BCUT2D eigenvalue weighted by Crippen LogP contribution is -2.15. The van der Waals surface area contributed by atoms with Crippen molar-refractivity contribution < 1.29 is 9.53 Å². The van der Waals surface area contributed by atoms with Crippen LogP contribution in [0.25, 0.3) is 27.5 Å². The molecule has 0 aliphatic carbocycles. The van der Waals surface area contributed by atoms with Gasteiger partial charge in [-0.3, -0.25) is 9.36 Å². The largest absolute Gasteiger partial charge is 0.494 e. The van der Waals surface area contributed by atoms with E-state index >= 15 is 0 Å². The maximum atomic E-state index is 13.0. The normalized spacial score (nSPS) is 10.8. The van der Waals surface area contributed by atoms with Crippen LogP contribution in [0.4, 0.5) is 5.69 Å². The van der Waals surface area contributed by atoms with E-state index in [1.165, 1.54) is 11.8 Å². The van der Waals surface area contributed by atoms with Crippen molar-refractivity contribution in [3.63, 3.8) is 0 Å². The number of hydrogen-bond acceptors (Lipinski definition) is 6. The molecule has 0 unspecified atom stereocenters. The van der Waals surface area contributed by atoms with Crippen molar-refractivity contribution in [2.24, 2.45) is 0 Å². The van der Waals surface area contributed by atoms with Crippen molar-refractivity contribution in [2.75, 3.05) is 17.7 Å². The molecule has 1 amide bonds. The third-order valence-electron chi connectivity index (χ3n) is 5.40. The zero-order chi connectivity index (χ0) is 24.7. The number of nitrogens with zero attached hydrogens (tertiary/aromatic N) is 3. The molecule has 1 N–H and O–H groups in total. The smallest absolute Gasteiger partial charge is 0.234 e. The molecular weight excluding hydrogens is 488 g/mol. The Bertz CT molecular complexity index is 1430. The van der Waals surface area contributed by atoms with Crippen LogP contribution in [0.1, 0.15) is 6.92 Å². The molecule has 2 aromatic heterocycles. The molecule has 0 saturated heterocycles. The maximum Gasteiger partial charge on any atom is 0.234 e. The molecule has 180 valence electrons. The molecule has 0 fully saturated rings. The Kier molecular flexibility index (Phi) is 7.44. The molecular formula is C28H24N4O2S2.